The van der Waals surface area contributed by atoms with Crippen molar-refractivity contribution in [2.24, 2.45) is 5.10 Å². The van der Waals surface area contributed by atoms with Gasteiger partial charge in [-0.2, -0.15) is 5.10 Å². The maximum absolute atomic E-state index is 12.7. The van der Waals surface area contributed by atoms with Crippen molar-refractivity contribution in [1.82, 2.24) is 5.43 Å². The van der Waals surface area contributed by atoms with Crippen LogP contribution in [0.5, 0.6) is 17.2 Å². The summed E-state index contributed by atoms with van der Waals surface area (Å²) in [5, 5.41) is 4.33. The predicted octanol–water partition coefficient (Wildman–Crippen LogP) is 4.57. The van der Waals surface area contributed by atoms with E-state index in [9.17, 15) is 14.4 Å². The Morgan fingerprint density at radius 2 is 1.56 bits per heavy atom. The van der Waals surface area contributed by atoms with Crippen molar-refractivity contribution in [2.45, 2.75) is 13.8 Å². The van der Waals surface area contributed by atoms with E-state index in [4.69, 9.17) is 25.8 Å². The molecule has 0 aliphatic carbocycles. The summed E-state index contributed by atoms with van der Waals surface area (Å²) in [4.78, 5) is 36.2. The quantitative estimate of drug-likeness (QED) is 0.230. The zero-order chi connectivity index (χ0) is 24.7. The topological polar surface area (TPSA) is 103 Å². The second-order valence-electron chi connectivity index (χ2n) is 7.10. The smallest absolute Gasteiger partial charge is 0.343 e. The van der Waals surface area contributed by atoms with Crippen LogP contribution in [0, 0.1) is 6.92 Å². The Kier molecular flexibility index (Phi) is 8.00. The van der Waals surface area contributed by atoms with E-state index in [-0.39, 0.29) is 22.8 Å². The Morgan fingerprint density at radius 1 is 0.882 bits per heavy atom. The van der Waals surface area contributed by atoms with Crippen molar-refractivity contribution >= 4 is 35.7 Å². The molecule has 3 rings (SSSR count). The fourth-order valence-corrected chi connectivity index (χ4v) is 3.02. The van der Waals surface area contributed by atoms with Crippen LogP contribution >= 0.6 is 11.6 Å². The van der Waals surface area contributed by atoms with E-state index in [0.29, 0.717) is 16.1 Å². The molecule has 1 N–H and O–H groups in total. The molecule has 0 unspecified atom stereocenters. The molecule has 0 heterocycles. The molecule has 0 aliphatic heterocycles. The number of hydrogen-bond donors (Lipinski definition) is 1. The van der Waals surface area contributed by atoms with Gasteiger partial charge in [-0.25, -0.2) is 10.2 Å². The fourth-order valence-electron chi connectivity index (χ4n) is 2.84. The number of nitrogens with one attached hydrogen (secondary N) is 1. The predicted molar refractivity (Wildman–Crippen MR) is 127 cm³/mol. The zero-order valence-corrected chi connectivity index (χ0v) is 19.4. The number of carbonyl (C=O) groups excluding carboxylic acids is 3. The molecule has 9 heteroatoms. The third-order valence-corrected chi connectivity index (χ3v) is 4.75. The van der Waals surface area contributed by atoms with E-state index in [1.165, 1.54) is 50.6 Å². The molecule has 0 radical (unpaired) electrons. The van der Waals surface area contributed by atoms with Gasteiger partial charge in [0, 0.05) is 23.1 Å². The molecule has 34 heavy (non-hydrogen) atoms. The SMILES string of the molecule is COc1cc(C(=O)Oc2ccc(Cl)cc2/C=N/NC(=O)c2ccc(C)cc2)ccc1OC(C)=O. The van der Waals surface area contributed by atoms with Crippen LogP contribution in [-0.2, 0) is 4.79 Å². The van der Waals surface area contributed by atoms with E-state index in [2.05, 4.69) is 10.5 Å². The number of hydrazone groups is 1. The van der Waals surface area contributed by atoms with E-state index in [0.717, 1.165) is 5.56 Å². The van der Waals surface area contributed by atoms with Crippen LogP contribution in [0.1, 0.15) is 38.8 Å². The number of nitrogens with zero attached hydrogens (tertiary/aromatic N) is 1. The molecule has 3 aromatic rings. The highest BCUT2D eigenvalue weighted by Gasteiger charge is 2.16. The van der Waals surface area contributed by atoms with Gasteiger partial charge in [0.25, 0.3) is 5.91 Å². The van der Waals surface area contributed by atoms with Crippen LogP contribution < -0.4 is 19.6 Å². The average Bonchev–Trinajstić information content (AvgIpc) is 2.81. The lowest BCUT2D eigenvalue weighted by Gasteiger charge is -2.11. The van der Waals surface area contributed by atoms with Crippen LogP contribution in [0.4, 0.5) is 0 Å². The van der Waals surface area contributed by atoms with Crippen molar-refractivity contribution in [2.75, 3.05) is 7.11 Å². The summed E-state index contributed by atoms with van der Waals surface area (Å²) in [5.41, 5.74) is 4.44. The van der Waals surface area contributed by atoms with Crippen LogP contribution in [0.15, 0.2) is 65.8 Å². The number of halogens is 1. The van der Waals surface area contributed by atoms with Crippen LogP contribution in [-0.4, -0.2) is 31.2 Å². The minimum absolute atomic E-state index is 0.165. The van der Waals surface area contributed by atoms with Crippen LogP contribution in [0.2, 0.25) is 5.02 Å². The minimum Gasteiger partial charge on any atom is -0.493 e. The van der Waals surface area contributed by atoms with Gasteiger partial charge in [-0.05, 0) is 55.5 Å². The van der Waals surface area contributed by atoms with Gasteiger partial charge in [0.1, 0.15) is 5.75 Å². The van der Waals surface area contributed by atoms with E-state index >= 15 is 0 Å². The number of carbonyl (C=O) groups is 3. The first kappa shape index (κ1) is 24.5. The summed E-state index contributed by atoms with van der Waals surface area (Å²) in [6, 6.07) is 15.9. The van der Waals surface area contributed by atoms with E-state index < -0.39 is 17.8 Å². The first-order valence-electron chi connectivity index (χ1n) is 10.0. The highest BCUT2D eigenvalue weighted by Crippen LogP contribution is 2.29. The second-order valence-corrected chi connectivity index (χ2v) is 7.53. The molecule has 174 valence electrons. The molecule has 1 amide bonds. The molecule has 0 spiro atoms. The van der Waals surface area contributed by atoms with Gasteiger partial charge in [0.15, 0.2) is 11.5 Å². The van der Waals surface area contributed by atoms with Gasteiger partial charge >= 0.3 is 11.9 Å². The molecular formula is C25H21ClN2O6. The Morgan fingerprint density at radius 3 is 2.24 bits per heavy atom. The summed E-state index contributed by atoms with van der Waals surface area (Å²) in [7, 11) is 1.39. The molecule has 0 saturated carbocycles. The van der Waals surface area contributed by atoms with Gasteiger partial charge in [-0.3, -0.25) is 9.59 Å². The average molecular weight is 481 g/mol. The van der Waals surface area contributed by atoms with Crippen LogP contribution in [0.3, 0.4) is 0 Å². The summed E-state index contributed by atoms with van der Waals surface area (Å²) >= 11 is 6.07. The zero-order valence-electron chi connectivity index (χ0n) is 18.6. The molecule has 0 atom stereocenters. The van der Waals surface area contributed by atoms with Crippen molar-refractivity contribution in [3.63, 3.8) is 0 Å². The number of rotatable bonds is 7. The van der Waals surface area contributed by atoms with Crippen LogP contribution in [0.25, 0.3) is 0 Å². The van der Waals surface area contributed by atoms with Gasteiger partial charge < -0.3 is 14.2 Å². The molecule has 0 bridgehead atoms. The lowest BCUT2D eigenvalue weighted by molar-refractivity contribution is -0.132. The van der Waals surface area contributed by atoms with Crippen molar-refractivity contribution < 1.29 is 28.6 Å². The monoisotopic (exact) mass is 480 g/mol. The Labute approximate surface area is 201 Å². The molecule has 8 nitrogen and oxygen atoms in total. The number of hydrogen-bond acceptors (Lipinski definition) is 7. The largest absolute Gasteiger partial charge is 0.493 e. The van der Waals surface area contributed by atoms with Crippen molar-refractivity contribution in [3.8, 4) is 17.2 Å². The number of aryl methyl sites for hydroxylation is 1. The highest BCUT2D eigenvalue weighted by molar-refractivity contribution is 6.31. The van der Waals surface area contributed by atoms with Crippen molar-refractivity contribution in [1.29, 1.82) is 0 Å². The minimum atomic E-state index is -0.687. The Hall–Kier alpha value is -4.17. The molecule has 0 saturated heterocycles. The number of amides is 1. The third kappa shape index (κ3) is 6.43. The number of ether oxygens (including phenoxy) is 3. The normalized spacial score (nSPS) is 10.6. The summed E-state index contributed by atoms with van der Waals surface area (Å²) in [6.45, 7) is 3.18. The molecule has 0 aliphatic rings. The van der Waals surface area contributed by atoms with Gasteiger partial charge in [0.05, 0.1) is 18.9 Å². The highest BCUT2D eigenvalue weighted by atomic mass is 35.5. The van der Waals surface area contributed by atoms with Gasteiger partial charge in [0.2, 0.25) is 0 Å². The lowest BCUT2D eigenvalue weighted by Crippen LogP contribution is -2.17. The number of esters is 2. The molecule has 0 fully saturated rings. The lowest BCUT2D eigenvalue weighted by atomic mass is 10.1. The maximum atomic E-state index is 12.7. The number of benzene rings is 3. The summed E-state index contributed by atoms with van der Waals surface area (Å²) < 4.78 is 15.7. The molecule has 0 aromatic heterocycles. The van der Waals surface area contributed by atoms with E-state index in [1.807, 2.05) is 19.1 Å². The maximum Gasteiger partial charge on any atom is 0.343 e. The van der Waals surface area contributed by atoms with Crippen molar-refractivity contribution in [3.05, 3.63) is 87.9 Å². The van der Waals surface area contributed by atoms with Gasteiger partial charge in [-0.15, -0.1) is 0 Å². The fraction of sp³-hybridized carbons (Fsp3) is 0.120. The Bertz CT molecular complexity index is 1250. The first-order chi connectivity index (χ1) is 16.3. The summed E-state index contributed by atoms with van der Waals surface area (Å²) in [6.07, 6.45) is 1.32. The Balaban J connectivity index is 1.76. The molecular weight excluding hydrogens is 460 g/mol. The van der Waals surface area contributed by atoms with E-state index in [1.54, 1.807) is 18.2 Å². The first-order valence-corrected chi connectivity index (χ1v) is 10.4. The molecule has 3 aromatic carbocycles. The third-order valence-electron chi connectivity index (χ3n) is 4.51. The second kappa shape index (κ2) is 11.1. The number of methoxy groups -OCH3 is 1. The standard InChI is InChI=1S/C25H21ClN2O6/c1-15-4-6-17(7-5-15)24(30)28-27-14-19-12-20(26)9-11-21(19)34-25(31)18-8-10-22(33-16(2)29)23(13-18)32-3/h4-14H,1-3H3,(H,28,30)/b27-14+. The van der Waals surface area contributed by atoms with Gasteiger partial charge in [-0.1, -0.05) is 29.3 Å². The summed E-state index contributed by atoms with van der Waals surface area (Å²) in [5.74, 6) is -1.05.